The molecule has 0 amide bonds. The van der Waals surface area contributed by atoms with E-state index < -0.39 is 10.4 Å². The zero-order valence-electron chi connectivity index (χ0n) is 3.17. The molecule has 1 unspecified atom stereocenters. The average Bonchev–Trinajstić information content (AvgIpc) is 1.65. The number of hydrogen-bond acceptors (Lipinski definition) is 3. The van der Waals surface area contributed by atoms with Crippen molar-refractivity contribution in [2.45, 2.75) is 5.50 Å². The molecule has 0 aromatic rings. The maximum Gasteiger partial charge on any atom is 0.370 e. The molecule has 0 aromatic heterocycles. The SMILES string of the molecule is N#CC(Cl)[N+](=O)[O-]. The topological polar surface area (TPSA) is 66.9 Å². The smallest absolute Gasteiger partial charge is 0.262 e. The second-order valence-electron chi connectivity index (χ2n) is 0.750. The molecular weight excluding hydrogens is 119 g/mol. The normalized spacial score (nSPS) is 12.0. The highest BCUT2D eigenvalue weighted by molar-refractivity contribution is 6.21. The molecule has 4 nitrogen and oxygen atoms in total. The van der Waals surface area contributed by atoms with Gasteiger partial charge < -0.3 is 0 Å². The molecule has 7 heavy (non-hydrogen) atoms. The first kappa shape index (κ1) is 6.18. The minimum absolute atomic E-state index is 0.873. The lowest BCUT2D eigenvalue weighted by molar-refractivity contribution is -0.483. The summed E-state index contributed by atoms with van der Waals surface area (Å²) in [5, 5.41) is 17.1. The Labute approximate surface area is 44.5 Å². The van der Waals surface area contributed by atoms with Crippen molar-refractivity contribution in [3.8, 4) is 6.07 Å². The highest BCUT2D eigenvalue weighted by atomic mass is 35.5. The van der Waals surface area contributed by atoms with Gasteiger partial charge in [0.1, 0.15) is 0 Å². The molecule has 0 rings (SSSR count). The summed E-state index contributed by atoms with van der Waals surface area (Å²) in [4.78, 5) is 8.51. The summed E-state index contributed by atoms with van der Waals surface area (Å²) in [5.41, 5.74) is -1.60. The third-order valence-electron chi connectivity index (χ3n) is 0.292. The Morgan fingerprint density at radius 1 is 2.00 bits per heavy atom. The molecule has 0 radical (unpaired) electrons. The number of rotatable bonds is 1. The standard InChI is InChI=1S/C2HClN2O2/c3-2(1-4)5(6)7/h2H. The Morgan fingerprint density at radius 3 is 2.43 bits per heavy atom. The number of nitrogens with zero attached hydrogens (tertiary/aromatic N) is 2. The van der Waals surface area contributed by atoms with Gasteiger partial charge in [-0.2, -0.15) is 5.26 Å². The van der Waals surface area contributed by atoms with Crippen molar-refractivity contribution in [2.75, 3.05) is 0 Å². The van der Waals surface area contributed by atoms with Crippen LogP contribution in [0.5, 0.6) is 0 Å². The molecule has 0 spiro atoms. The average molecular weight is 120 g/mol. The van der Waals surface area contributed by atoms with Crippen LogP contribution in [0.3, 0.4) is 0 Å². The summed E-state index contributed by atoms with van der Waals surface area (Å²) in [7, 11) is 0. The van der Waals surface area contributed by atoms with Crippen molar-refractivity contribution in [3.05, 3.63) is 10.1 Å². The van der Waals surface area contributed by atoms with Crippen molar-refractivity contribution < 1.29 is 4.92 Å². The van der Waals surface area contributed by atoms with Gasteiger partial charge in [0.2, 0.25) is 0 Å². The van der Waals surface area contributed by atoms with E-state index in [0.29, 0.717) is 0 Å². The highest BCUT2D eigenvalue weighted by Gasteiger charge is 2.11. The molecule has 0 aliphatic carbocycles. The van der Waals surface area contributed by atoms with Crippen LogP contribution >= 0.6 is 11.6 Å². The first-order chi connectivity index (χ1) is 3.18. The van der Waals surface area contributed by atoms with Crippen molar-refractivity contribution in [2.24, 2.45) is 0 Å². The minimum Gasteiger partial charge on any atom is -0.262 e. The second-order valence-corrected chi connectivity index (χ2v) is 1.16. The van der Waals surface area contributed by atoms with Gasteiger partial charge >= 0.3 is 5.50 Å². The molecule has 0 aromatic carbocycles. The lowest BCUT2D eigenvalue weighted by Crippen LogP contribution is -2.07. The Kier molecular flexibility index (Phi) is 2.09. The summed E-state index contributed by atoms with van der Waals surface area (Å²) >= 11 is 4.74. The van der Waals surface area contributed by atoms with Gasteiger partial charge in [0, 0.05) is 0 Å². The number of nitro groups is 1. The molecule has 0 bridgehead atoms. The summed E-state index contributed by atoms with van der Waals surface area (Å²) < 4.78 is 0. The quantitative estimate of drug-likeness (QED) is 0.217. The van der Waals surface area contributed by atoms with Gasteiger partial charge in [-0.3, -0.25) is 10.1 Å². The number of halogens is 1. The van der Waals surface area contributed by atoms with Gasteiger partial charge in [0.25, 0.3) is 0 Å². The summed E-state index contributed by atoms with van der Waals surface area (Å²) in [6.45, 7) is 0. The Hall–Kier alpha value is -0.820. The number of alkyl halides is 1. The fourth-order valence-corrected chi connectivity index (χ4v) is 0.0471. The van der Waals surface area contributed by atoms with Crippen LogP contribution in [-0.2, 0) is 0 Å². The fraction of sp³-hybridized carbons (Fsp3) is 0.500. The predicted octanol–water partition coefficient (Wildman–Crippen LogP) is 0.352. The Balaban J connectivity index is 3.63. The molecular formula is C2HClN2O2. The van der Waals surface area contributed by atoms with E-state index in [1.165, 1.54) is 6.07 Å². The predicted molar refractivity (Wildman–Crippen MR) is 22.2 cm³/mol. The van der Waals surface area contributed by atoms with E-state index in [9.17, 15) is 10.1 Å². The number of nitriles is 1. The van der Waals surface area contributed by atoms with E-state index in [4.69, 9.17) is 16.9 Å². The minimum atomic E-state index is -1.60. The molecule has 0 saturated carbocycles. The lowest BCUT2D eigenvalue weighted by Gasteiger charge is -1.83. The molecule has 0 aliphatic rings. The van der Waals surface area contributed by atoms with E-state index in [1.54, 1.807) is 0 Å². The zero-order chi connectivity index (χ0) is 5.86. The van der Waals surface area contributed by atoms with Crippen LogP contribution in [0.2, 0.25) is 0 Å². The van der Waals surface area contributed by atoms with Crippen LogP contribution in [0.4, 0.5) is 0 Å². The molecule has 0 fully saturated rings. The second kappa shape index (κ2) is 2.37. The first-order valence-corrected chi connectivity index (χ1v) is 1.79. The zero-order valence-corrected chi connectivity index (χ0v) is 3.92. The number of hydrogen-bond donors (Lipinski definition) is 0. The molecule has 0 saturated heterocycles. The van der Waals surface area contributed by atoms with E-state index in [2.05, 4.69) is 0 Å². The van der Waals surface area contributed by atoms with Crippen molar-refractivity contribution in [1.82, 2.24) is 0 Å². The largest absolute Gasteiger partial charge is 0.370 e. The monoisotopic (exact) mass is 120 g/mol. The van der Waals surface area contributed by atoms with Crippen LogP contribution in [0.25, 0.3) is 0 Å². The van der Waals surface area contributed by atoms with Crippen LogP contribution < -0.4 is 0 Å². The van der Waals surface area contributed by atoms with Crippen LogP contribution in [0, 0.1) is 21.4 Å². The molecule has 38 valence electrons. The molecule has 0 N–H and O–H groups in total. The van der Waals surface area contributed by atoms with E-state index in [-0.39, 0.29) is 0 Å². The van der Waals surface area contributed by atoms with Gasteiger partial charge in [-0.25, -0.2) is 0 Å². The summed E-state index contributed by atoms with van der Waals surface area (Å²) in [6, 6.07) is 1.23. The van der Waals surface area contributed by atoms with Crippen molar-refractivity contribution >= 4 is 11.6 Å². The Morgan fingerprint density at radius 2 is 2.43 bits per heavy atom. The first-order valence-electron chi connectivity index (χ1n) is 1.35. The third-order valence-corrected chi connectivity index (χ3v) is 0.549. The van der Waals surface area contributed by atoms with E-state index in [1.807, 2.05) is 0 Å². The van der Waals surface area contributed by atoms with Gasteiger partial charge in [-0.15, -0.1) is 0 Å². The van der Waals surface area contributed by atoms with Gasteiger partial charge in [-0.1, -0.05) is 0 Å². The van der Waals surface area contributed by atoms with Crippen LogP contribution in [0.15, 0.2) is 0 Å². The Bertz CT molecular complexity index is 117. The van der Waals surface area contributed by atoms with Crippen LogP contribution in [-0.4, -0.2) is 10.4 Å². The van der Waals surface area contributed by atoms with Crippen LogP contribution in [0.1, 0.15) is 0 Å². The van der Waals surface area contributed by atoms with Gasteiger partial charge in [0.05, 0.1) is 4.92 Å². The maximum atomic E-state index is 9.38. The van der Waals surface area contributed by atoms with E-state index in [0.717, 1.165) is 0 Å². The highest BCUT2D eigenvalue weighted by Crippen LogP contribution is 1.90. The summed E-state index contributed by atoms with van der Waals surface area (Å²) in [6.07, 6.45) is 0. The van der Waals surface area contributed by atoms with Gasteiger partial charge in [0.15, 0.2) is 6.07 Å². The van der Waals surface area contributed by atoms with E-state index >= 15 is 0 Å². The molecule has 5 heteroatoms. The fourth-order valence-electron chi connectivity index (χ4n) is 0.0471. The maximum absolute atomic E-state index is 9.38. The van der Waals surface area contributed by atoms with Crippen molar-refractivity contribution in [3.63, 3.8) is 0 Å². The van der Waals surface area contributed by atoms with Crippen molar-refractivity contribution in [1.29, 1.82) is 5.26 Å². The van der Waals surface area contributed by atoms with Gasteiger partial charge in [-0.05, 0) is 11.6 Å². The third kappa shape index (κ3) is 1.95. The summed E-state index contributed by atoms with van der Waals surface area (Å²) in [5.74, 6) is 0. The lowest BCUT2D eigenvalue weighted by atomic mass is 10.8. The molecule has 1 atom stereocenters. The molecule has 0 heterocycles. The molecule has 0 aliphatic heterocycles.